The maximum Gasteiger partial charge on any atom is 0.150 e. The van der Waals surface area contributed by atoms with Crippen LogP contribution in [0.25, 0.3) is 0 Å². The second-order valence-electron chi connectivity index (χ2n) is 4.47. The molecule has 0 bridgehead atoms. The fraction of sp³-hybridized carbons (Fsp3) is 1.00. The van der Waals surface area contributed by atoms with Gasteiger partial charge in [-0.15, -0.1) is 0 Å². The third-order valence-corrected chi connectivity index (χ3v) is 5.10. The van der Waals surface area contributed by atoms with Gasteiger partial charge < -0.3 is 10.2 Å². The molecule has 84 valence electrons. The van der Waals surface area contributed by atoms with Crippen LogP contribution < -0.4 is 0 Å². The Bertz CT molecular complexity index is 292. The average molecular weight is 222 g/mol. The van der Waals surface area contributed by atoms with Crippen LogP contribution in [0.3, 0.4) is 0 Å². The van der Waals surface area contributed by atoms with Crippen molar-refractivity contribution in [2.45, 2.75) is 25.0 Å². The Morgan fingerprint density at radius 1 is 1.36 bits per heavy atom. The van der Waals surface area contributed by atoms with E-state index in [1.807, 2.05) is 6.92 Å². The van der Waals surface area contributed by atoms with Gasteiger partial charge in [-0.2, -0.15) is 0 Å². The van der Waals surface area contributed by atoms with Crippen molar-refractivity contribution in [2.75, 3.05) is 19.5 Å². The lowest BCUT2D eigenvalue weighted by Crippen LogP contribution is -2.33. The normalized spacial score (nSPS) is 32.0. The molecule has 1 aliphatic carbocycles. The van der Waals surface area contributed by atoms with Gasteiger partial charge in [-0.25, -0.2) is 8.42 Å². The van der Waals surface area contributed by atoms with E-state index in [0.29, 0.717) is 12.8 Å². The van der Waals surface area contributed by atoms with Crippen molar-refractivity contribution in [3.05, 3.63) is 0 Å². The Morgan fingerprint density at radius 2 is 1.86 bits per heavy atom. The Balaban J connectivity index is 2.88. The summed E-state index contributed by atoms with van der Waals surface area (Å²) in [5.41, 5.74) is -0.603. The van der Waals surface area contributed by atoms with Gasteiger partial charge in [0.25, 0.3) is 0 Å². The highest BCUT2D eigenvalue weighted by Gasteiger charge is 2.47. The van der Waals surface area contributed by atoms with Gasteiger partial charge in [-0.1, -0.05) is 6.92 Å². The molecule has 5 heteroatoms. The van der Waals surface area contributed by atoms with E-state index >= 15 is 0 Å². The van der Waals surface area contributed by atoms with E-state index in [2.05, 4.69) is 0 Å². The Hall–Kier alpha value is -0.130. The van der Waals surface area contributed by atoms with Gasteiger partial charge in [0.2, 0.25) is 0 Å². The van der Waals surface area contributed by atoms with Gasteiger partial charge >= 0.3 is 0 Å². The maximum absolute atomic E-state index is 11.3. The molecular formula is C9H18O4S. The van der Waals surface area contributed by atoms with Crippen molar-refractivity contribution in [3.8, 4) is 0 Å². The third kappa shape index (κ3) is 1.94. The zero-order valence-corrected chi connectivity index (χ0v) is 9.42. The molecule has 0 aromatic heterocycles. The molecule has 0 spiro atoms. The first-order valence-electron chi connectivity index (χ1n) is 4.76. The molecule has 0 amide bonds. The molecule has 1 saturated carbocycles. The van der Waals surface area contributed by atoms with Crippen LogP contribution in [0.4, 0.5) is 0 Å². The van der Waals surface area contributed by atoms with Gasteiger partial charge in [0.05, 0.1) is 18.5 Å². The molecule has 0 aromatic rings. The minimum Gasteiger partial charge on any atom is -0.396 e. The van der Waals surface area contributed by atoms with Crippen LogP contribution in [0.5, 0.6) is 0 Å². The van der Waals surface area contributed by atoms with Crippen molar-refractivity contribution in [3.63, 3.8) is 0 Å². The van der Waals surface area contributed by atoms with E-state index in [1.165, 1.54) is 6.26 Å². The van der Waals surface area contributed by atoms with E-state index in [-0.39, 0.29) is 19.1 Å². The van der Waals surface area contributed by atoms with Gasteiger partial charge in [-0.05, 0) is 18.8 Å². The van der Waals surface area contributed by atoms with Crippen LogP contribution in [-0.4, -0.2) is 43.4 Å². The Morgan fingerprint density at radius 3 is 2.07 bits per heavy atom. The van der Waals surface area contributed by atoms with Crippen molar-refractivity contribution in [1.29, 1.82) is 0 Å². The minimum absolute atomic E-state index is 0.0530. The first-order chi connectivity index (χ1) is 6.35. The SMILES string of the molecule is C[C@H]1C[C@@H](S(C)(=O)=O)CC1(CO)CO. The Labute approximate surface area is 84.9 Å². The van der Waals surface area contributed by atoms with Crippen LogP contribution >= 0.6 is 0 Å². The summed E-state index contributed by atoms with van der Waals surface area (Å²) in [6.07, 6.45) is 2.13. The number of aliphatic hydroxyl groups excluding tert-OH is 2. The summed E-state index contributed by atoms with van der Waals surface area (Å²) in [6.45, 7) is 1.60. The molecule has 1 aliphatic rings. The standard InChI is InChI=1S/C9H18O4S/c1-7-3-8(14(2,12)13)4-9(7,5-10)6-11/h7-8,10-11H,3-6H2,1-2H3/t7-,8+/m0/s1. The van der Waals surface area contributed by atoms with Gasteiger partial charge in [0.15, 0.2) is 0 Å². The predicted octanol–water partition coefficient (Wildman–Crippen LogP) is -0.199. The molecule has 0 heterocycles. The largest absolute Gasteiger partial charge is 0.396 e. The average Bonchev–Trinajstić information content (AvgIpc) is 2.43. The second kappa shape index (κ2) is 3.79. The summed E-state index contributed by atoms with van der Waals surface area (Å²) in [7, 11) is -3.05. The van der Waals surface area contributed by atoms with Crippen LogP contribution in [0, 0.1) is 11.3 Å². The van der Waals surface area contributed by atoms with Gasteiger partial charge in [-0.3, -0.25) is 0 Å². The quantitative estimate of drug-likeness (QED) is 0.693. The molecule has 2 N–H and O–H groups in total. The molecule has 14 heavy (non-hydrogen) atoms. The lowest BCUT2D eigenvalue weighted by atomic mass is 9.80. The van der Waals surface area contributed by atoms with E-state index in [9.17, 15) is 18.6 Å². The smallest absolute Gasteiger partial charge is 0.150 e. The number of sulfone groups is 1. The van der Waals surface area contributed by atoms with Crippen molar-refractivity contribution >= 4 is 9.84 Å². The van der Waals surface area contributed by atoms with E-state index < -0.39 is 20.5 Å². The van der Waals surface area contributed by atoms with E-state index in [0.717, 1.165) is 0 Å². The topological polar surface area (TPSA) is 74.6 Å². The molecule has 0 aromatic carbocycles. The summed E-state index contributed by atoms with van der Waals surface area (Å²) in [6, 6.07) is 0. The number of aliphatic hydroxyl groups is 2. The number of hydrogen-bond acceptors (Lipinski definition) is 4. The summed E-state index contributed by atoms with van der Waals surface area (Å²) in [4.78, 5) is 0. The molecule has 0 unspecified atom stereocenters. The summed E-state index contributed by atoms with van der Waals surface area (Å²) >= 11 is 0. The molecule has 1 fully saturated rings. The van der Waals surface area contributed by atoms with E-state index in [4.69, 9.17) is 0 Å². The summed E-state index contributed by atoms with van der Waals surface area (Å²) < 4.78 is 22.7. The molecule has 1 rings (SSSR count). The van der Waals surface area contributed by atoms with Crippen molar-refractivity contribution in [2.24, 2.45) is 11.3 Å². The summed E-state index contributed by atoms with van der Waals surface area (Å²) in [5, 5.41) is 18.0. The molecular weight excluding hydrogens is 204 g/mol. The lowest BCUT2D eigenvalue weighted by Gasteiger charge is -2.28. The zero-order chi connectivity index (χ0) is 11.0. The molecule has 0 radical (unpaired) electrons. The lowest BCUT2D eigenvalue weighted by molar-refractivity contribution is 0.0287. The molecule has 4 nitrogen and oxygen atoms in total. The summed E-state index contributed by atoms with van der Waals surface area (Å²) in [5.74, 6) is 0.0530. The van der Waals surface area contributed by atoms with Crippen LogP contribution in [0.15, 0.2) is 0 Å². The first-order valence-corrected chi connectivity index (χ1v) is 6.72. The maximum atomic E-state index is 11.3. The van der Waals surface area contributed by atoms with Gasteiger partial charge in [0.1, 0.15) is 9.84 Å². The fourth-order valence-electron chi connectivity index (χ4n) is 2.20. The first kappa shape index (κ1) is 11.9. The highest BCUT2D eigenvalue weighted by atomic mass is 32.2. The fourth-order valence-corrected chi connectivity index (χ4v) is 3.47. The molecule has 0 aliphatic heterocycles. The highest BCUT2D eigenvalue weighted by molar-refractivity contribution is 7.91. The zero-order valence-electron chi connectivity index (χ0n) is 8.60. The number of hydrogen-bond donors (Lipinski definition) is 2. The minimum atomic E-state index is -3.05. The highest BCUT2D eigenvalue weighted by Crippen LogP contribution is 2.44. The van der Waals surface area contributed by atoms with E-state index in [1.54, 1.807) is 0 Å². The second-order valence-corrected chi connectivity index (χ2v) is 6.80. The van der Waals surface area contributed by atoms with Gasteiger partial charge in [0, 0.05) is 11.7 Å². The number of rotatable bonds is 3. The van der Waals surface area contributed by atoms with Crippen LogP contribution in [0.1, 0.15) is 19.8 Å². The molecule has 0 saturated heterocycles. The third-order valence-electron chi connectivity index (χ3n) is 3.53. The Kier molecular flexibility index (Phi) is 3.23. The monoisotopic (exact) mass is 222 g/mol. The predicted molar refractivity (Wildman–Crippen MR) is 53.6 cm³/mol. The molecule has 2 atom stereocenters. The van der Waals surface area contributed by atoms with Crippen molar-refractivity contribution in [1.82, 2.24) is 0 Å². The van der Waals surface area contributed by atoms with Crippen LogP contribution in [-0.2, 0) is 9.84 Å². The van der Waals surface area contributed by atoms with Crippen LogP contribution in [0.2, 0.25) is 0 Å². The van der Waals surface area contributed by atoms with Crippen molar-refractivity contribution < 1.29 is 18.6 Å².